The predicted molar refractivity (Wildman–Crippen MR) is 82.3 cm³/mol. The SMILES string of the molecule is COCC1(CNc2ncnc3ccsc23)CCNCC1. The first kappa shape index (κ1) is 13.7. The summed E-state index contributed by atoms with van der Waals surface area (Å²) in [6, 6.07) is 2.03. The lowest BCUT2D eigenvalue weighted by Crippen LogP contribution is -2.44. The van der Waals surface area contributed by atoms with E-state index < -0.39 is 0 Å². The summed E-state index contributed by atoms with van der Waals surface area (Å²) in [6.07, 6.45) is 3.89. The summed E-state index contributed by atoms with van der Waals surface area (Å²) in [7, 11) is 1.78. The topological polar surface area (TPSA) is 59.1 Å². The van der Waals surface area contributed by atoms with Crippen molar-refractivity contribution in [2.45, 2.75) is 12.8 Å². The van der Waals surface area contributed by atoms with E-state index >= 15 is 0 Å². The smallest absolute Gasteiger partial charge is 0.147 e. The standard InChI is InChI=1S/C14H20N4OS/c1-19-9-14(3-5-15-6-4-14)8-16-13-12-11(2-7-20-12)17-10-18-13/h2,7,10,15H,3-6,8-9H2,1H3,(H,16,17,18). The van der Waals surface area contributed by atoms with Crippen LogP contribution in [0.25, 0.3) is 10.2 Å². The van der Waals surface area contributed by atoms with E-state index in [9.17, 15) is 0 Å². The van der Waals surface area contributed by atoms with Gasteiger partial charge in [-0.2, -0.15) is 0 Å². The summed E-state index contributed by atoms with van der Waals surface area (Å²) in [5.41, 5.74) is 1.22. The minimum absolute atomic E-state index is 0.203. The van der Waals surface area contributed by atoms with Gasteiger partial charge in [0.05, 0.1) is 16.8 Å². The second kappa shape index (κ2) is 6.03. The van der Waals surface area contributed by atoms with E-state index in [4.69, 9.17) is 4.74 Å². The van der Waals surface area contributed by atoms with Gasteiger partial charge < -0.3 is 15.4 Å². The third-order valence-corrected chi connectivity index (χ3v) is 4.90. The van der Waals surface area contributed by atoms with Gasteiger partial charge in [0, 0.05) is 19.1 Å². The molecule has 1 saturated heterocycles. The van der Waals surface area contributed by atoms with Crippen molar-refractivity contribution in [3.8, 4) is 0 Å². The highest BCUT2D eigenvalue weighted by Crippen LogP contribution is 2.31. The molecular formula is C14H20N4OS. The Labute approximate surface area is 122 Å². The summed E-state index contributed by atoms with van der Waals surface area (Å²) < 4.78 is 6.58. The summed E-state index contributed by atoms with van der Waals surface area (Å²) in [5.74, 6) is 0.944. The highest BCUT2D eigenvalue weighted by molar-refractivity contribution is 7.17. The first-order valence-electron chi connectivity index (χ1n) is 6.95. The number of piperidine rings is 1. The molecule has 0 atom stereocenters. The van der Waals surface area contributed by atoms with Crippen LogP contribution in [-0.4, -0.2) is 43.3 Å². The Morgan fingerprint density at radius 3 is 3.05 bits per heavy atom. The van der Waals surface area contributed by atoms with Crippen molar-refractivity contribution in [2.75, 3.05) is 38.7 Å². The summed E-state index contributed by atoms with van der Waals surface area (Å²) >= 11 is 1.68. The largest absolute Gasteiger partial charge is 0.384 e. The lowest BCUT2D eigenvalue weighted by atomic mass is 9.79. The second-order valence-corrected chi connectivity index (χ2v) is 6.31. The van der Waals surface area contributed by atoms with E-state index in [1.165, 1.54) is 0 Å². The van der Waals surface area contributed by atoms with E-state index in [-0.39, 0.29) is 5.41 Å². The number of aromatic nitrogens is 2. The molecule has 108 valence electrons. The Morgan fingerprint density at radius 1 is 1.40 bits per heavy atom. The van der Waals surface area contributed by atoms with Crippen molar-refractivity contribution in [1.82, 2.24) is 15.3 Å². The zero-order chi connectivity index (χ0) is 13.8. The molecule has 0 radical (unpaired) electrons. The van der Waals surface area contributed by atoms with Gasteiger partial charge in [-0.15, -0.1) is 11.3 Å². The van der Waals surface area contributed by atoms with Crippen LogP contribution in [0.2, 0.25) is 0 Å². The molecule has 0 aliphatic carbocycles. The maximum absolute atomic E-state index is 5.45. The summed E-state index contributed by atoms with van der Waals surface area (Å²) in [4.78, 5) is 8.66. The molecule has 0 aromatic carbocycles. The van der Waals surface area contributed by atoms with Crippen LogP contribution in [0.1, 0.15) is 12.8 Å². The van der Waals surface area contributed by atoms with Crippen LogP contribution in [0.15, 0.2) is 17.8 Å². The predicted octanol–water partition coefficient (Wildman–Crippen LogP) is 2.12. The van der Waals surface area contributed by atoms with Crippen LogP contribution in [0.5, 0.6) is 0 Å². The molecule has 2 N–H and O–H groups in total. The van der Waals surface area contributed by atoms with Gasteiger partial charge in [-0.05, 0) is 37.4 Å². The van der Waals surface area contributed by atoms with Crippen LogP contribution in [0.4, 0.5) is 5.82 Å². The van der Waals surface area contributed by atoms with Gasteiger partial charge in [-0.25, -0.2) is 9.97 Å². The van der Waals surface area contributed by atoms with Crippen molar-refractivity contribution >= 4 is 27.4 Å². The molecule has 5 nitrogen and oxygen atoms in total. The van der Waals surface area contributed by atoms with E-state index in [1.807, 2.05) is 6.07 Å². The molecule has 1 fully saturated rings. The molecule has 1 aliphatic heterocycles. The fourth-order valence-corrected chi connectivity index (χ4v) is 3.63. The Morgan fingerprint density at radius 2 is 2.25 bits per heavy atom. The molecule has 3 rings (SSSR count). The van der Waals surface area contributed by atoms with E-state index in [1.54, 1.807) is 24.8 Å². The highest BCUT2D eigenvalue weighted by atomic mass is 32.1. The Kier molecular flexibility index (Phi) is 4.14. The molecule has 0 bridgehead atoms. The van der Waals surface area contributed by atoms with Crippen LogP contribution in [0, 0.1) is 5.41 Å². The van der Waals surface area contributed by atoms with Crippen molar-refractivity contribution in [3.05, 3.63) is 17.8 Å². The Hall–Kier alpha value is -1.24. The maximum atomic E-state index is 5.45. The van der Waals surface area contributed by atoms with E-state index in [0.717, 1.165) is 55.1 Å². The Bertz CT molecular complexity index is 560. The minimum Gasteiger partial charge on any atom is -0.384 e. The van der Waals surface area contributed by atoms with Gasteiger partial charge >= 0.3 is 0 Å². The van der Waals surface area contributed by atoms with E-state index in [0.29, 0.717) is 0 Å². The zero-order valence-corrected chi connectivity index (χ0v) is 12.5. The number of nitrogens with zero attached hydrogens (tertiary/aromatic N) is 2. The van der Waals surface area contributed by atoms with Crippen LogP contribution >= 0.6 is 11.3 Å². The number of nitrogens with one attached hydrogen (secondary N) is 2. The fourth-order valence-electron chi connectivity index (χ4n) is 2.82. The fraction of sp³-hybridized carbons (Fsp3) is 0.571. The van der Waals surface area contributed by atoms with E-state index in [2.05, 4.69) is 26.0 Å². The number of anilines is 1. The zero-order valence-electron chi connectivity index (χ0n) is 11.7. The third-order valence-electron chi connectivity index (χ3n) is 3.99. The van der Waals surface area contributed by atoms with Gasteiger partial charge in [0.1, 0.15) is 12.1 Å². The normalized spacial score (nSPS) is 18.2. The first-order valence-corrected chi connectivity index (χ1v) is 7.83. The number of methoxy groups -OCH3 is 1. The van der Waals surface area contributed by atoms with Gasteiger partial charge in [0.2, 0.25) is 0 Å². The third kappa shape index (κ3) is 2.77. The van der Waals surface area contributed by atoms with Crippen LogP contribution in [-0.2, 0) is 4.74 Å². The van der Waals surface area contributed by atoms with Crippen LogP contribution < -0.4 is 10.6 Å². The van der Waals surface area contributed by atoms with Crippen LogP contribution in [0.3, 0.4) is 0 Å². The molecule has 0 amide bonds. The van der Waals surface area contributed by atoms with Gasteiger partial charge in [0.25, 0.3) is 0 Å². The molecule has 0 spiro atoms. The molecule has 3 heterocycles. The number of ether oxygens (including phenoxy) is 1. The number of fused-ring (bicyclic) bond motifs is 1. The molecule has 2 aromatic rings. The van der Waals surface area contributed by atoms with Crippen molar-refractivity contribution in [1.29, 1.82) is 0 Å². The molecule has 6 heteroatoms. The molecular weight excluding hydrogens is 272 g/mol. The first-order chi connectivity index (χ1) is 9.83. The van der Waals surface area contributed by atoms with Gasteiger partial charge in [-0.3, -0.25) is 0 Å². The molecule has 20 heavy (non-hydrogen) atoms. The minimum atomic E-state index is 0.203. The summed E-state index contributed by atoms with van der Waals surface area (Å²) in [6.45, 7) is 3.80. The second-order valence-electron chi connectivity index (χ2n) is 5.39. The monoisotopic (exact) mass is 292 g/mol. The number of thiophene rings is 1. The quantitative estimate of drug-likeness (QED) is 0.884. The lowest BCUT2D eigenvalue weighted by molar-refractivity contribution is 0.0635. The molecule has 2 aromatic heterocycles. The molecule has 0 unspecified atom stereocenters. The van der Waals surface area contributed by atoms with Gasteiger partial charge in [0.15, 0.2) is 0 Å². The van der Waals surface area contributed by atoms with Crippen molar-refractivity contribution in [3.63, 3.8) is 0 Å². The average Bonchev–Trinajstić information content (AvgIpc) is 2.95. The average molecular weight is 292 g/mol. The maximum Gasteiger partial charge on any atom is 0.147 e. The van der Waals surface area contributed by atoms with Gasteiger partial charge in [-0.1, -0.05) is 0 Å². The number of rotatable bonds is 5. The van der Waals surface area contributed by atoms with Crippen molar-refractivity contribution in [2.24, 2.45) is 5.41 Å². The highest BCUT2D eigenvalue weighted by Gasteiger charge is 2.32. The van der Waals surface area contributed by atoms with Crippen molar-refractivity contribution < 1.29 is 4.74 Å². The number of hydrogen-bond donors (Lipinski definition) is 2. The Balaban J connectivity index is 1.75. The summed E-state index contributed by atoms with van der Waals surface area (Å²) in [5, 5.41) is 8.99. The molecule has 0 saturated carbocycles. The molecule has 1 aliphatic rings. The number of hydrogen-bond acceptors (Lipinski definition) is 6. The lowest BCUT2D eigenvalue weighted by Gasteiger charge is -2.37.